The molecule has 0 saturated carbocycles. The Balaban J connectivity index is 1.65. The van der Waals surface area contributed by atoms with Crippen molar-refractivity contribution in [1.82, 2.24) is 15.5 Å². The summed E-state index contributed by atoms with van der Waals surface area (Å²) in [6.07, 6.45) is 1.41. The molecule has 2 aromatic rings. The maximum Gasteiger partial charge on any atom is 0.272 e. The summed E-state index contributed by atoms with van der Waals surface area (Å²) in [7, 11) is 0. The molecule has 0 saturated heterocycles. The van der Waals surface area contributed by atoms with Crippen molar-refractivity contribution in [2.45, 2.75) is 38.9 Å². The van der Waals surface area contributed by atoms with E-state index in [0.29, 0.717) is 25.1 Å². The predicted octanol–water partition coefficient (Wildman–Crippen LogP) is 3.06. The van der Waals surface area contributed by atoms with Crippen LogP contribution in [-0.2, 0) is 17.6 Å². The minimum absolute atomic E-state index is 0.0640. The van der Waals surface area contributed by atoms with Gasteiger partial charge in [0.1, 0.15) is 0 Å². The van der Waals surface area contributed by atoms with Crippen LogP contribution in [0.5, 0.6) is 0 Å². The van der Waals surface area contributed by atoms with Crippen molar-refractivity contribution in [1.29, 1.82) is 0 Å². The Kier molecular flexibility index (Phi) is 4.68. The first-order valence-corrected chi connectivity index (χ1v) is 8.18. The lowest BCUT2D eigenvalue weighted by atomic mass is 9.99. The van der Waals surface area contributed by atoms with Crippen LogP contribution in [-0.4, -0.2) is 28.8 Å². The van der Waals surface area contributed by atoms with E-state index in [1.54, 1.807) is 0 Å². The van der Waals surface area contributed by atoms with Crippen LogP contribution >= 0.6 is 11.6 Å². The van der Waals surface area contributed by atoms with Crippen molar-refractivity contribution in [3.05, 3.63) is 51.8 Å². The molecule has 1 aliphatic rings. The van der Waals surface area contributed by atoms with Crippen LogP contribution in [0.4, 0.5) is 0 Å². The van der Waals surface area contributed by atoms with Crippen molar-refractivity contribution in [3.8, 4) is 0 Å². The summed E-state index contributed by atoms with van der Waals surface area (Å²) >= 11 is 6.12. The average Bonchev–Trinajstić information content (AvgIpc) is 2.93. The third kappa shape index (κ3) is 3.41. The van der Waals surface area contributed by atoms with Crippen molar-refractivity contribution >= 4 is 17.5 Å². The number of nitrogens with zero attached hydrogens (tertiary/aromatic N) is 1. The number of fused-ring (bicyclic) bond motifs is 1. The summed E-state index contributed by atoms with van der Waals surface area (Å²) < 4.78 is 5.74. The Labute approximate surface area is 140 Å². The molecule has 3 rings (SSSR count). The Bertz CT molecular complexity index is 714. The molecular weight excluding hydrogens is 314 g/mol. The molecule has 2 atom stereocenters. The predicted molar refractivity (Wildman–Crippen MR) is 88.7 cm³/mol. The quantitative estimate of drug-likeness (QED) is 0.903. The Hall–Kier alpha value is -1.85. The monoisotopic (exact) mass is 333 g/mol. The van der Waals surface area contributed by atoms with Crippen LogP contribution in [0.3, 0.4) is 0 Å². The van der Waals surface area contributed by atoms with Gasteiger partial charge in [-0.15, -0.1) is 0 Å². The van der Waals surface area contributed by atoms with Gasteiger partial charge < -0.3 is 10.1 Å². The second-order valence-corrected chi connectivity index (χ2v) is 6.26. The second-order valence-electron chi connectivity index (χ2n) is 5.85. The van der Waals surface area contributed by atoms with Crippen LogP contribution in [0, 0.1) is 0 Å². The number of ether oxygens (including phenoxy) is 1. The fourth-order valence-corrected chi connectivity index (χ4v) is 3.19. The number of H-pyrrole nitrogens is 1. The van der Waals surface area contributed by atoms with Crippen LogP contribution in [0.25, 0.3) is 0 Å². The molecule has 5 nitrogen and oxygen atoms in total. The number of nitrogens with one attached hydrogen (secondary N) is 2. The third-order valence-electron chi connectivity index (χ3n) is 4.09. The first kappa shape index (κ1) is 16.0. The molecule has 0 radical (unpaired) electrons. The van der Waals surface area contributed by atoms with Gasteiger partial charge in [0.05, 0.1) is 17.9 Å². The highest BCUT2D eigenvalue weighted by molar-refractivity contribution is 6.31. The summed E-state index contributed by atoms with van der Waals surface area (Å²) in [4.78, 5) is 12.4. The molecule has 0 aliphatic carbocycles. The third-order valence-corrected chi connectivity index (χ3v) is 4.46. The number of benzene rings is 1. The van der Waals surface area contributed by atoms with Gasteiger partial charge in [0.15, 0.2) is 5.69 Å². The largest absolute Gasteiger partial charge is 0.369 e. The van der Waals surface area contributed by atoms with Gasteiger partial charge in [-0.1, -0.05) is 29.8 Å². The first-order valence-electron chi connectivity index (χ1n) is 7.80. The molecule has 1 aliphatic heterocycles. The molecular formula is C17H20ClN3O2. The van der Waals surface area contributed by atoms with Crippen LogP contribution in [0.1, 0.15) is 47.3 Å². The number of carbonyl (C=O) groups is 1. The average molecular weight is 334 g/mol. The highest BCUT2D eigenvalue weighted by Crippen LogP contribution is 2.30. The molecule has 2 heterocycles. The molecule has 1 aromatic heterocycles. The highest BCUT2D eigenvalue weighted by atomic mass is 35.5. The van der Waals surface area contributed by atoms with Crippen LogP contribution in [0.2, 0.25) is 5.02 Å². The minimum Gasteiger partial charge on any atom is -0.369 e. The van der Waals surface area contributed by atoms with E-state index in [-0.39, 0.29) is 18.1 Å². The zero-order valence-electron chi connectivity index (χ0n) is 13.2. The molecule has 0 spiro atoms. The smallest absolute Gasteiger partial charge is 0.272 e. The summed E-state index contributed by atoms with van der Waals surface area (Å²) in [5.41, 5.74) is 3.36. The van der Waals surface area contributed by atoms with E-state index in [9.17, 15) is 4.79 Å². The number of hydrogen-bond acceptors (Lipinski definition) is 3. The SMILES string of the molecule is C[C@@H]1Cc2c(C(=O)NCCc3ccccc3Cl)n[nH]c2[C@H](C)O1. The molecule has 0 fully saturated rings. The number of carbonyl (C=O) groups excluding carboxylic acids is 1. The number of hydrogen-bond donors (Lipinski definition) is 2. The summed E-state index contributed by atoms with van der Waals surface area (Å²) in [5, 5.41) is 10.8. The Morgan fingerprint density at radius 1 is 1.43 bits per heavy atom. The van der Waals surface area contributed by atoms with Crippen molar-refractivity contribution in [2.24, 2.45) is 0 Å². The molecule has 1 aromatic carbocycles. The second kappa shape index (κ2) is 6.72. The first-order chi connectivity index (χ1) is 11.1. The Morgan fingerprint density at radius 3 is 3.00 bits per heavy atom. The van der Waals surface area contributed by atoms with Gasteiger partial charge in [0.25, 0.3) is 5.91 Å². The molecule has 1 amide bonds. The number of amides is 1. The van der Waals surface area contributed by atoms with E-state index in [0.717, 1.165) is 21.8 Å². The van der Waals surface area contributed by atoms with E-state index < -0.39 is 0 Å². The standard InChI is InChI=1S/C17H20ClN3O2/c1-10-9-13-15(11(2)23-10)20-21-16(13)17(22)19-8-7-12-5-3-4-6-14(12)18/h3-6,10-11H,7-9H2,1-2H3,(H,19,22)(H,20,21)/t10-,11+/m1/s1. The molecule has 2 N–H and O–H groups in total. The summed E-state index contributed by atoms with van der Waals surface area (Å²) in [5.74, 6) is -0.157. The van der Waals surface area contributed by atoms with E-state index in [2.05, 4.69) is 15.5 Å². The molecule has 0 unspecified atom stereocenters. The lowest BCUT2D eigenvalue weighted by Gasteiger charge is -2.25. The van der Waals surface area contributed by atoms with Gasteiger partial charge in [0.2, 0.25) is 0 Å². The van der Waals surface area contributed by atoms with Crippen LogP contribution < -0.4 is 5.32 Å². The fraction of sp³-hybridized carbons (Fsp3) is 0.412. The number of halogens is 1. The van der Waals surface area contributed by atoms with Gasteiger partial charge in [0, 0.05) is 23.6 Å². The van der Waals surface area contributed by atoms with E-state index in [1.807, 2.05) is 38.1 Å². The number of aromatic nitrogens is 2. The van der Waals surface area contributed by atoms with Gasteiger partial charge >= 0.3 is 0 Å². The van der Waals surface area contributed by atoms with Crippen molar-refractivity contribution in [3.63, 3.8) is 0 Å². The maximum absolute atomic E-state index is 12.4. The fourth-order valence-electron chi connectivity index (χ4n) is 2.96. The Morgan fingerprint density at radius 2 is 2.22 bits per heavy atom. The van der Waals surface area contributed by atoms with E-state index >= 15 is 0 Å². The highest BCUT2D eigenvalue weighted by Gasteiger charge is 2.29. The summed E-state index contributed by atoms with van der Waals surface area (Å²) in [6.45, 7) is 4.49. The van der Waals surface area contributed by atoms with Crippen LogP contribution in [0.15, 0.2) is 24.3 Å². The molecule has 23 heavy (non-hydrogen) atoms. The van der Waals surface area contributed by atoms with Crippen molar-refractivity contribution < 1.29 is 9.53 Å². The zero-order chi connectivity index (χ0) is 16.4. The van der Waals surface area contributed by atoms with E-state index in [1.165, 1.54) is 0 Å². The molecule has 6 heteroatoms. The van der Waals surface area contributed by atoms with Gasteiger partial charge in [-0.3, -0.25) is 9.89 Å². The zero-order valence-corrected chi connectivity index (χ0v) is 14.0. The lowest BCUT2D eigenvalue weighted by molar-refractivity contribution is -0.00697. The van der Waals surface area contributed by atoms with Crippen molar-refractivity contribution in [2.75, 3.05) is 6.54 Å². The lowest BCUT2D eigenvalue weighted by Crippen LogP contribution is -2.29. The molecule has 0 bridgehead atoms. The van der Waals surface area contributed by atoms with Gasteiger partial charge in [-0.2, -0.15) is 5.10 Å². The van der Waals surface area contributed by atoms with E-state index in [4.69, 9.17) is 16.3 Å². The summed E-state index contributed by atoms with van der Waals surface area (Å²) in [6, 6.07) is 7.65. The number of rotatable bonds is 4. The maximum atomic E-state index is 12.4. The normalized spacial score (nSPS) is 20.1. The molecule has 122 valence electrons. The van der Waals surface area contributed by atoms with Gasteiger partial charge in [-0.05, 0) is 31.9 Å². The topological polar surface area (TPSA) is 67.0 Å². The number of aromatic amines is 1. The minimum atomic E-state index is -0.157. The van der Waals surface area contributed by atoms with Gasteiger partial charge in [-0.25, -0.2) is 0 Å².